The van der Waals surface area contributed by atoms with Crippen molar-refractivity contribution < 1.29 is 19.7 Å². The van der Waals surface area contributed by atoms with Crippen LogP contribution < -0.4 is 20.9 Å². The van der Waals surface area contributed by atoms with Gasteiger partial charge < -0.3 is 35.8 Å². The van der Waals surface area contributed by atoms with Gasteiger partial charge in [0.1, 0.15) is 29.2 Å². The molecule has 1 amide bonds. The number of para-hydroxylation sites is 2. The first-order valence-electron chi connectivity index (χ1n) is 20.0. The minimum absolute atomic E-state index is 0.00702. The van der Waals surface area contributed by atoms with Gasteiger partial charge >= 0.3 is 0 Å². The van der Waals surface area contributed by atoms with Crippen molar-refractivity contribution in [2.75, 3.05) is 42.6 Å². The SMILES string of the molecule is Cc1ccc2c(N3CCC[C@H](N)C3)nc(-c3ccccc3O)nc2c1.Cc1ccc2c(N3CCC[C@H](NC(=O)[C@H]4CCCO4)C3)nc(-c3ccccc3O)nc2c1. The van der Waals surface area contributed by atoms with Gasteiger partial charge in [-0.15, -0.1) is 0 Å². The highest BCUT2D eigenvalue weighted by molar-refractivity contribution is 5.93. The minimum atomic E-state index is -0.319. The van der Waals surface area contributed by atoms with Crippen LogP contribution in [0.25, 0.3) is 44.6 Å². The van der Waals surface area contributed by atoms with Crippen molar-refractivity contribution in [3.63, 3.8) is 0 Å². The van der Waals surface area contributed by atoms with Gasteiger partial charge in [-0.3, -0.25) is 4.79 Å². The topological polar surface area (TPSA) is 163 Å². The number of aryl methyl sites for hydroxylation is 2. The molecule has 0 saturated carbocycles. The fourth-order valence-corrected chi connectivity index (χ4v) is 8.06. The lowest BCUT2D eigenvalue weighted by molar-refractivity contribution is -0.130. The smallest absolute Gasteiger partial charge is 0.249 e. The Hall–Kier alpha value is -5.85. The summed E-state index contributed by atoms with van der Waals surface area (Å²) in [4.78, 5) is 36.2. The molecule has 4 aromatic carbocycles. The molecule has 0 aliphatic carbocycles. The van der Waals surface area contributed by atoms with Crippen LogP contribution in [-0.2, 0) is 9.53 Å². The molecule has 294 valence electrons. The van der Waals surface area contributed by atoms with E-state index in [1.807, 2.05) is 37.3 Å². The number of ether oxygens (including phenoxy) is 1. The number of nitrogens with zero attached hydrogens (tertiary/aromatic N) is 6. The molecule has 5 heterocycles. The van der Waals surface area contributed by atoms with Gasteiger partial charge in [-0.1, -0.05) is 36.4 Å². The van der Waals surface area contributed by atoms with Gasteiger partial charge in [-0.05, 0) is 112 Å². The predicted octanol–water partition coefficient (Wildman–Crippen LogP) is 6.81. The second-order valence-electron chi connectivity index (χ2n) is 15.5. The molecule has 5 N–H and O–H groups in total. The van der Waals surface area contributed by atoms with E-state index >= 15 is 0 Å². The Morgan fingerprint density at radius 1 is 0.702 bits per heavy atom. The van der Waals surface area contributed by atoms with Crippen LogP contribution >= 0.6 is 0 Å². The molecular weight excluding hydrogens is 717 g/mol. The molecule has 3 saturated heterocycles. The molecule has 3 atom stereocenters. The molecule has 0 bridgehead atoms. The maximum absolute atomic E-state index is 12.6. The molecule has 0 unspecified atom stereocenters. The van der Waals surface area contributed by atoms with Crippen molar-refractivity contribution in [3.8, 4) is 34.3 Å². The van der Waals surface area contributed by atoms with Crippen molar-refractivity contribution in [2.45, 2.75) is 70.6 Å². The molecule has 12 nitrogen and oxygen atoms in total. The van der Waals surface area contributed by atoms with Crippen molar-refractivity contribution in [1.29, 1.82) is 0 Å². The third-order valence-electron chi connectivity index (χ3n) is 11.0. The van der Waals surface area contributed by atoms with Gasteiger partial charge in [-0.25, -0.2) is 19.9 Å². The number of phenolic OH excluding ortho intramolecular Hbond substituents is 2. The number of piperidine rings is 2. The lowest BCUT2D eigenvalue weighted by Crippen LogP contribution is -2.50. The zero-order valence-electron chi connectivity index (χ0n) is 32.6. The van der Waals surface area contributed by atoms with Gasteiger partial charge in [0.15, 0.2) is 11.6 Å². The number of rotatable bonds is 6. The summed E-state index contributed by atoms with van der Waals surface area (Å²) in [5.74, 6) is 3.13. The summed E-state index contributed by atoms with van der Waals surface area (Å²) in [5, 5.41) is 25.8. The zero-order valence-corrected chi connectivity index (χ0v) is 32.6. The van der Waals surface area contributed by atoms with Crippen LogP contribution in [-0.4, -0.2) is 87.0 Å². The first-order chi connectivity index (χ1) is 27.7. The molecule has 6 aromatic rings. The normalized spacial score (nSPS) is 19.7. The van der Waals surface area contributed by atoms with Gasteiger partial charge in [-0.2, -0.15) is 0 Å². The molecule has 57 heavy (non-hydrogen) atoms. The van der Waals surface area contributed by atoms with Gasteiger partial charge in [0.2, 0.25) is 5.91 Å². The second kappa shape index (κ2) is 16.7. The van der Waals surface area contributed by atoms with Crippen molar-refractivity contribution >= 4 is 39.3 Å². The molecule has 0 radical (unpaired) electrons. The van der Waals surface area contributed by atoms with Crippen molar-refractivity contribution in [2.24, 2.45) is 5.73 Å². The Bertz CT molecular complexity index is 2400. The second-order valence-corrected chi connectivity index (χ2v) is 15.5. The van der Waals surface area contributed by atoms with E-state index in [9.17, 15) is 15.0 Å². The lowest BCUT2D eigenvalue weighted by atomic mass is 10.0. The van der Waals surface area contributed by atoms with Gasteiger partial charge in [0.05, 0.1) is 22.2 Å². The molecule has 3 aliphatic rings. The number of aromatic hydroxyl groups is 2. The number of aromatic nitrogens is 4. The Labute approximate surface area is 332 Å². The number of phenols is 2. The highest BCUT2D eigenvalue weighted by Crippen LogP contribution is 2.35. The van der Waals surface area contributed by atoms with Crippen LogP contribution in [0.3, 0.4) is 0 Å². The van der Waals surface area contributed by atoms with E-state index in [0.29, 0.717) is 35.9 Å². The van der Waals surface area contributed by atoms with E-state index in [2.05, 4.69) is 52.4 Å². The number of nitrogens with one attached hydrogen (secondary N) is 1. The molecular formula is C45H50N8O4. The van der Waals surface area contributed by atoms with Gasteiger partial charge in [0, 0.05) is 55.6 Å². The van der Waals surface area contributed by atoms with Crippen LogP contribution in [0.15, 0.2) is 84.9 Å². The third-order valence-corrected chi connectivity index (χ3v) is 11.0. The first kappa shape index (κ1) is 38.0. The largest absolute Gasteiger partial charge is 0.507 e. The average molecular weight is 767 g/mol. The number of nitrogens with two attached hydrogens (primary N) is 1. The summed E-state index contributed by atoms with van der Waals surface area (Å²) in [6.45, 7) is 8.02. The highest BCUT2D eigenvalue weighted by atomic mass is 16.5. The molecule has 12 heteroatoms. The Kier molecular flexibility index (Phi) is 11.2. The van der Waals surface area contributed by atoms with E-state index in [0.717, 1.165) is 103 Å². The summed E-state index contributed by atoms with van der Waals surface area (Å²) in [5.41, 5.74) is 11.4. The van der Waals surface area contributed by atoms with E-state index in [4.69, 9.17) is 30.4 Å². The zero-order chi connectivity index (χ0) is 39.5. The number of amides is 1. The Morgan fingerprint density at radius 2 is 1.25 bits per heavy atom. The van der Waals surface area contributed by atoms with E-state index < -0.39 is 0 Å². The fraction of sp³-hybridized carbons (Fsp3) is 0.356. The number of carbonyl (C=O) groups excluding carboxylic acids is 1. The number of hydrogen-bond acceptors (Lipinski definition) is 11. The average Bonchev–Trinajstić information content (AvgIpc) is 3.76. The van der Waals surface area contributed by atoms with E-state index in [1.54, 1.807) is 24.3 Å². The van der Waals surface area contributed by atoms with Crippen LogP contribution in [0.1, 0.15) is 49.7 Å². The predicted molar refractivity (Wildman–Crippen MR) is 225 cm³/mol. The Balaban J connectivity index is 0.000000165. The summed E-state index contributed by atoms with van der Waals surface area (Å²) in [7, 11) is 0. The highest BCUT2D eigenvalue weighted by Gasteiger charge is 2.29. The summed E-state index contributed by atoms with van der Waals surface area (Å²) < 4.78 is 5.54. The van der Waals surface area contributed by atoms with E-state index in [1.165, 1.54) is 0 Å². The summed E-state index contributed by atoms with van der Waals surface area (Å²) in [6, 6.07) is 26.9. The van der Waals surface area contributed by atoms with Crippen molar-refractivity contribution in [3.05, 3.63) is 96.1 Å². The molecule has 3 fully saturated rings. The fourth-order valence-electron chi connectivity index (χ4n) is 8.06. The number of hydrogen-bond donors (Lipinski definition) is 4. The summed E-state index contributed by atoms with van der Waals surface area (Å²) in [6.07, 6.45) is 5.41. The van der Waals surface area contributed by atoms with E-state index in [-0.39, 0.29) is 35.6 Å². The van der Waals surface area contributed by atoms with Gasteiger partial charge in [0.25, 0.3) is 0 Å². The van der Waals surface area contributed by atoms with Crippen LogP contribution in [0.2, 0.25) is 0 Å². The van der Waals surface area contributed by atoms with Crippen LogP contribution in [0.5, 0.6) is 11.5 Å². The number of benzene rings is 4. The lowest BCUT2D eigenvalue weighted by Gasteiger charge is -2.35. The maximum atomic E-state index is 12.6. The quantitative estimate of drug-likeness (QED) is 0.141. The summed E-state index contributed by atoms with van der Waals surface area (Å²) >= 11 is 0. The van der Waals surface area contributed by atoms with Crippen LogP contribution in [0.4, 0.5) is 11.6 Å². The Morgan fingerprint density at radius 3 is 1.77 bits per heavy atom. The standard InChI is InChI=1S/C25H28N4O3.C20H22N4O/c1-16-10-11-18-20(14-16)27-23(19-7-2-3-8-21(19)30)28-24(18)29-12-4-6-17(15-29)26-25(31)22-9-5-13-32-22;1-13-8-9-15-17(11-13)22-19(16-6-2-3-7-18(16)25)23-20(15)24-10-4-5-14(21)12-24/h2-3,7-8,10-11,14,17,22,30H,4-6,9,12-13,15H2,1H3,(H,26,31);2-3,6-9,11,14,25H,4-5,10,12,21H2,1H3/t17-,22+;14-/m00/s1. The first-order valence-corrected chi connectivity index (χ1v) is 20.0. The minimum Gasteiger partial charge on any atom is -0.507 e. The van der Waals surface area contributed by atoms with Crippen molar-refractivity contribution in [1.82, 2.24) is 25.3 Å². The number of anilines is 2. The molecule has 0 spiro atoms. The molecule has 9 rings (SSSR count). The van der Waals surface area contributed by atoms with Crippen LogP contribution in [0, 0.1) is 13.8 Å². The monoisotopic (exact) mass is 766 g/mol. The maximum Gasteiger partial charge on any atom is 0.249 e. The molecule has 2 aromatic heterocycles. The molecule has 3 aliphatic heterocycles. The number of carbonyl (C=O) groups is 1. The number of fused-ring (bicyclic) bond motifs is 2. The third kappa shape index (κ3) is 8.47.